The maximum atomic E-state index is 15.4. The molecule has 210 valence electrons. The molecule has 1 nitrogen and oxygen atoms in total. The third-order valence-electron chi connectivity index (χ3n) is 6.81. The quantitative estimate of drug-likeness (QED) is 0.187. The van der Waals surface area contributed by atoms with E-state index < -0.39 is 69.0 Å². The van der Waals surface area contributed by atoms with Gasteiger partial charge in [-0.15, -0.1) is 0 Å². The largest absolute Gasteiger partial charge is 0.429 e. The van der Waals surface area contributed by atoms with Crippen molar-refractivity contribution in [3.63, 3.8) is 0 Å². The van der Waals surface area contributed by atoms with Gasteiger partial charge in [0.05, 0.1) is 11.1 Å². The fourth-order valence-corrected chi connectivity index (χ4v) is 4.81. The van der Waals surface area contributed by atoms with E-state index in [-0.39, 0.29) is 12.0 Å². The molecule has 39 heavy (non-hydrogen) atoms. The highest BCUT2D eigenvalue weighted by Crippen LogP contribution is 2.60. The number of rotatable bonds is 9. The van der Waals surface area contributed by atoms with Crippen molar-refractivity contribution in [3.8, 4) is 16.9 Å². The Morgan fingerprint density at radius 2 is 1.33 bits per heavy atom. The van der Waals surface area contributed by atoms with Crippen LogP contribution in [-0.2, 0) is 30.8 Å². The van der Waals surface area contributed by atoms with Gasteiger partial charge in [-0.3, -0.25) is 0 Å². The molecule has 0 N–H and O–H groups in total. The number of alkyl halides is 6. The van der Waals surface area contributed by atoms with E-state index >= 15 is 30.7 Å². The summed E-state index contributed by atoms with van der Waals surface area (Å²) in [6, 6.07) is 6.22. The summed E-state index contributed by atoms with van der Waals surface area (Å²) < 4.78 is 140. The second-order valence-corrected chi connectivity index (χ2v) is 9.55. The summed E-state index contributed by atoms with van der Waals surface area (Å²) in [5.41, 5.74) is -6.76. The molecule has 1 aliphatic rings. The summed E-state index contributed by atoms with van der Waals surface area (Å²) >= 11 is 0. The third-order valence-corrected chi connectivity index (χ3v) is 6.81. The van der Waals surface area contributed by atoms with Gasteiger partial charge in [0, 0.05) is 0 Å². The Kier molecular flexibility index (Phi) is 7.71. The van der Waals surface area contributed by atoms with Gasteiger partial charge in [-0.25, -0.2) is 13.2 Å². The number of benzene rings is 3. The van der Waals surface area contributed by atoms with Gasteiger partial charge in [0.25, 0.3) is 0 Å². The molecule has 0 fully saturated rings. The monoisotopic (exact) mass is 560 g/mol. The van der Waals surface area contributed by atoms with Crippen LogP contribution < -0.4 is 4.74 Å². The molecular weight excluding hydrogens is 535 g/mol. The standard InChI is InChI=1S/C29H25F9O/c1-3-5-6-8-16-9-14-22(21(30)15-16)39-29(37,38)20-13-12-19-18-11-10-17(7-4-2)25(31)23(18)27(33,34)28(35,36)24(19)26(20)32/h9-15H,3-8H2,1-2H3. The molecule has 4 rings (SSSR count). The van der Waals surface area contributed by atoms with Gasteiger partial charge in [0.1, 0.15) is 17.2 Å². The van der Waals surface area contributed by atoms with Gasteiger partial charge in [0.2, 0.25) is 0 Å². The zero-order valence-electron chi connectivity index (χ0n) is 21.1. The second-order valence-electron chi connectivity index (χ2n) is 9.55. The van der Waals surface area contributed by atoms with E-state index in [4.69, 9.17) is 0 Å². The summed E-state index contributed by atoms with van der Waals surface area (Å²) in [5, 5.41) is 0. The van der Waals surface area contributed by atoms with Gasteiger partial charge in [-0.05, 0) is 59.7 Å². The van der Waals surface area contributed by atoms with Crippen LogP contribution in [-0.4, -0.2) is 0 Å². The lowest BCUT2D eigenvalue weighted by Crippen LogP contribution is -2.42. The highest BCUT2D eigenvalue weighted by molar-refractivity contribution is 5.77. The SMILES string of the molecule is CCCCCc1ccc(OC(F)(F)c2ccc3c(c2F)C(F)(F)C(F)(F)c2c-3ccc(CCC)c2F)c(F)c1. The van der Waals surface area contributed by atoms with E-state index in [0.29, 0.717) is 30.5 Å². The Hall–Kier alpha value is -3.17. The fraction of sp³-hybridized carbons (Fsp3) is 0.379. The Labute approximate surface area is 219 Å². The van der Waals surface area contributed by atoms with Crippen LogP contribution in [0.5, 0.6) is 5.75 Å². The Bertz CT molecular complexity index is 1380. The molecule has 0 unspecified atom stereocenters. The van der Waals surface area contributed by atoms with Crippen molar-refractivity contribution in [1.29, 1.82) is 0 Å². The zero-order chi connectivity index (χ0) is 28.8. The summed E-state index contributed by atoms with van der Waals surface area (Å²) in [4.78, 5) is 0. The maximum absolute atomic E-state index is 15.4. The Morgan fingerprint density at radius 3 is 1.92 bits per heavy atom. The van der Waals surface area contributed by atoms with Gasteiger partial charge in [0.15, 0.2) is 11.6 Å². The molecule has 0 amide bonds. The van der Waals surface area contributed by atoms with Crippen molar-refractivity contribution in [2.75, 3.05) is 0 Å². The van der Waals surface area contributed by atoms with E-state index in [1.165, 1.54) is 6.07 Å². The molecule has 0 aliphatic heterocycles. The summed E-state index contributed by atoms with van der Waals surface area (Å²) in [7, 11) is 0. The summed E-state index contributed by atoms with van der Waals surface area (Å²) in [6.45, 7) is 3.60. The highest BCUT2D eigenvalue weighted by Gasteiger charge is 2.66. The molecule has 0 saturated heterocycles. The van der Waals surface area contributed by atoms with Crippen LogP contribution in [0.25, 0.3) is 11.1 Å². The molecule has 0 spiro atoms. The van der Waals surface area contributed by atoms with E-state index in [1.54, 1.807) is 6.92 Å². The first-order valence-corrected chi connectivity index (χ1v) is 12.5. The van der Waals surface area contributed by atoms with Crippen LogP contribution in [0, 0.1) is 17.5 Å². The van der Waals surface area contributed by atoms with Crippen LogP contribution >= 0.6 is 0 Å². The fourth-order valence-electron chi connectivity index (χ4n) is 4.81. The number of hydrogen-bond acceptors (Lipinski definition) is 1. The Balaban J connectivity index is 1.78. The van der Waals surface area contributed by atoms with Gasteiger partial charge < -0.3 is 4.74 Å². The molecule has 0 saturated carbocycles. The molecule has 0 radical (unpaired) electrons. The van der Waals surface area contributed by atoms with Gasteiger partial charge in [-0.2, -0.15) is 26.3 Å². The minimum Gasteiger partial charge on any atom is -0.426 e. The van der Waals surface area contributed by atoms with Gasteiger partial charge >= 0.3 is 18.0 Å². The average molecular weight is 561 g/mol. The lowest BCUT2D eigenvalue weighted by molar-refractivity contribution is -0.228. The van der Waals surface area contributed by atoms with Crippen molar-refractivity contribution >= 4 is 0 Å². The maximum Gasteiger partial charge on any atom is 0.429 e. The van der Waals surface area contributed by atoms with Crippen molar-refractivity contribution in [2.24, 2.45) is 0 Å². The first kappa shape index (κ1) is 28.8. The first-order chi connectivity index (χ1) is 18.3. The predicted octanol–water partition coefficient (Wildman–Crippen LogP) is 9.78. The van der Waals surface area contributed by atoms with Crippen molar-refractivity contribution in [2.45, 2.75) is 70.3 Å². The number of halogens is 9. The molecule has 0 bridgehead atoms. The second kappa shape index (κ2) is 10.4. The van der Waals surface area contributed by atoms with Crippen molar-refractivity contribution in [1.82, 2.24) is 0 Å². The Morgan fingerprint density at radius 1 is 0.718 bits per heavy atom. The predicted molar refractivity (Wildman–Crippen MR) is 128 cm³/mol. The summed E-state index contributed by atoms with van der Waals surface area (Å²) in [6.07, 6.45) is -1.40. The molecule has 3 aromatic rings. The lowest BCUT2D eigenvalue weighted by atomic mass is 9.78. The highest BCUT2D eigenvalue weighted by atomic mass is 19.3. The first-order valence-electron chi connectivity index (χ1n) is 12.5. The number of ether oxygens (including phenoxy) is 1. The molecule has 0 aromatic heterocycles. The van der Waals surface area contributed by atoms with Crippen LogP contribution in [0.4, 0.5) is 39.5 Å². The smallest absolute Gasteiger partial charge is 0.426 e. The third kappa shape index (κ3) is 4.87. The number of fused-ring (bicyclic) bond motifs is 3. The average Bonchev–Trinajstić information content (AvgIpc) is 2.85. The van der Waals surface area contributed by atoms with E-state index in [2.05, 4.69) is 4.74 Å². The van der Waals surface area contributed by atoms with E-state index in [0.717, 1.165) is 43.5 Å². The van der Waals surface area contributed by atoms with Crippen LogP contribution in [0.1, 0.15) is 67.3 Å². The molecule has 1 aliphatic carbocycles. The molecule has 0 heterocycles. The molecule has 3 aromatic carbocycles. The van der Waals surface area contributed by atoms with Crippen LogP contribution in [0.2, 0.25) is 0 Å². The zero-order valence-corrected chi connectivity index (χ0v) is 21.1. The number of hydrogen-bond donors (Lipinski definition) is 0. The topological polar surface area (TPSA) is 9.23 Å². The lowest BCUT2D eigenvalue weighted by Gasteiger charge is -2.36. The minimum atomic E-state index is -5.39. The molecule has 10 heteroatoms. The van der Waals surface area contributed by atoms with Crippen molar-refractivity contribution < 1.29 is 44.3 Å². The number of unbranched alkanes of at least 4 members (excludes halogenated alkanes) is 2. The van der Waals surface area contributed by atoms with E-state index in [1.807, 2.05) is 6.92 Å². The van der Waals surface area contributed by atoms with Crippen LogP contribution in [0.3, 0.4) is 0 Å². The van der Waals surface area contributed by atoms with Crippen molar-refractivity contribution in [3.05, 3.63) is 87.7 Å². The minimum absolute atomic E-state index is 0.0131. The summed E-state index contributed by atoms with van der Waals surface area (Å²) in [5.74, 6) is -16.7. The van der Waals surface area contributed by atoms with Crippen LogP contribution in [0.15, 0.2) is 42.5 Å². The van der Waals surface area contributed by atoms with E-state index in [9.17, 15) is 8.78 Å². The molecule has 0 atom stereocenters. The normalized spacial score (nSPS) is 15.6. The molecular formula is C29H25F9O. The number of aryl methyl sites for hydroxylation is 2. The van der Waals surface area contributed by atoms with Gasteiger partial charge in [-0.1, -0.05) is 57.4 Å².